The highest BCUT2D eigenvalue weighted by Crippen LogP contribution is 2.42. The minimum atomic E-state index is -3.49. The Morgan fingerprint density at radius 1 is 1.10 bits per heavy atom. The van der Waals surface area contributed by atoms with Crippen LogP contribution in [-0.2, 0) is 32.4 Å². The summed E-state index contributed by atoms with van der Waals surface area (Å²) in [7, 11) is -0.152. The summed E-state index contributed by atoms with van der Waals surface area (Å²) in [5, 5.41) is 3.51. The van der Waals surface area contributed by atoms with Crippen molar-refractivity contribution < 1.29 is 28.0 Å². The van der Waals surface area contributed by atoms with Gasteiger partial charge < -0.3 is 24.4 Å². The summed E-state index contributed by atoms with van der Waals surface area (Å²) in [6, 6.07) is 10.6. The number of methoxy groups -OCH3 is 2. The monoisotopic (exact) mass is 698 g/mol. The molecule has 6 rings (SSSR count). The van der Waals surface area contributed by atoms with Crippen molar-refractivity contribution in [2.75, 3.05) is 38.0 Å². The number of urea groups is 1. The van der Waals surface area contributed by atoms with Gasteiger partial charge >= 0.3 is 6.03 Å². The number of rotatable bonds is 4. The second-order valence-corrected chi connectivity index (χ2v) is 16.1. The number of carbonyl (C=O) groups excluding carboxylic acids is 2. The highest BCUT2D eigenvalue weighted by Gasteiger charge is 2.40. The Labute approximate surface area is 289 Å². The number of allylic oxidation sites excluding steroid dienone is 1. The van der Waals surface area contributed by atoms with Crippen molar-refractivity contribution in [2.24, 2.45) is 22.1 Å². The zero-order valence-corrected chi connectivity index (χ0v) is 29.6. The molecule has 4 aliphatic rings. The van der Waals surface area contributed by atoms with Crippen molar-refractivity contribution in [3.05, 3.63) is 70.3 Å². The zero-order valence-electron chi connectivity index (χ0n) is 28.0. The fourth-order valence-corrected chi connectivity index (χ4v) is 9.13. The second kappa shape index (κ2) is 15.2. The van der Waals surface area contributed by atoms with Crippen molar-refractivity contribution in [1.82, 2.24) is 10.0 Å². The molecule has 2 aromatic rings. The summed E-state index contributed by atoms with van der Waals surface area (Å²) >= 11 is 6.45. The summed E-state index contributed by atoms with van der Waals surface area (Å²) in [5.41, 5.74) is 3.46. The van der Waals surface area contributed by atoms with E-state index in [0.717, 1.165) is 44.3 Å². The van der Waals surface area contributed by atoms with Gasteiger partial charge in [0.1, 0.15) is 15.7 Å². The van der Waals surface area contributed by atoms with Crippen LogP contribution in [0.25, 0.3) is 0 Å². The number of nitrogens with one attached hydrogen (secondary N) is 2. The van der Waals surface area contributed by atoms with Gasteiger partial charge in [-0.3, -0.25) is 9.52 Å². The summed E-state index contributed by atoms with van der Waals surface area (Å²) in [5.74, 6) is 0.612. The number of nitrogens with zero attached hydrogens (tertiary/aromatic N) is 2. The van der Waals surface area contributed by atoms with Gasteiger partial charge in [0.2, 0.25) is 0 Å². The first-order valence-corrected chi connectivity index (χ1v) is 19.1. The molecular weight excluding hydrogens is 652 g/mol. The first-order valence-electron chi connectivity index (χ1n) is 17.0. The lowest BCUT2D eigenvalue weighted by molar-refractivity contribution is 0.0133. The molecule has 48 heavy (non-hydrogen) atoms. The fourth-order valence-electron chi connectivity index (χ4n) is 7.10. The molecule has 260 valence electrons. The lowest BCUT2D eigenvalue weighted by Crippen LogP contribution is -2.43. The average molecular weight is 699 g/mol. The van der Waals surface area contributed by atoms with Crippen LogP contribution < -0.4 is 19.7 Å². The third kappa shape index (κ3) is 8.35. The van der Waals surface area contributed by atoms with E-state index < -0.39 is 21.9 Å². The second-order valence-electron chi connectivity index (χ2n) is 13.6. The number of amides is 3. The first-order chi connectivity index (χ1) is 23.1. The molecular formula is C36H47ClN4O6S. The van der Waals surface area contributed by atoms with E-state index in [2.05, 4.69) is 43.6 Å². The maximum Gasteiger partial charge on any atom is 0.327 e. The lowest BCUT2D eigenvalue weighted by atomic mass is 9.70. The minimum Gasteiger partial charge on any atom is -0.491 e. The quantitative estimate of drug-likeness (QED) is 0.360. The molecule has 2 saturated carbocycles. The molecule has 0 radical (unpaired) electrons. The molecule has 2 heterocycles. The number of aryl methyl sites for hydroxylation is 1. The number of halogens is 1. The van der Waals surface area contributed by atoms with Crippen molar-refractivity contribution in [1.29, 1.82) is 0 Å². The number of anilines is 1. The van der Waals surface area contributed by atoms with Gasteiger partial charge in [-0.05, 0) is 104 Å². The van der Waals surface area contributed by atoms with Crippen molar-refractivity contribution in [3.63, 3.8) is 0 Å². The molecule has 2 aliphatic carbocycles. The lowest BCUT2D eigenvalue weighted by Gasteiger charge is -2.43. The van der Waals surface area contributed by atoms with Crippen LogP contribution >= 0.6 is 11.6 Å². The molecule has 2 aromatic carbocycles. The van der Waals surface area contributed by atoms with Crippen LogP contribution in [0, 0.1) is 17.8 Å². The smallest absolute Gasteiger partial charge is 0.327 e. The summed E-state index contributed by atoms with van der Waals surface area (Å²) < 4.78 is 38.8. The fraction of sp³-hybridized carbons (Fsp3) is 0.556. The Balaban J connectivity index is 1.41. The Hall–Kier alpha value is -3.12. The van der Waals surface area contributed by atoms with Crippen LogP contribution in [0.15, 0.2) is 52.9 Å². The minimum absolute atomic E-state index is 0.0120. The third-order valence-electron chi connectivity index (χ3n) is 10.0. The van der Waals surface area contributed by atoms with E-state index in [1.807, 2.05) is 19.1 Å². The summed E-state index contributed by atoms with van der Waals surface area (Å²) in [6.45, 7) is 3.83. The molecule has 7 atom stereocenters. The van der Waals surface area contributed by atoms with Crippen molar-refractivity contribution in [2.45, 2.75) is 76.7 Å². The molecule has 2 aliphatic heterocycles. The predicted octanol–water partition coefficient (Wildman–Crippen LogP) is 6.31. The number of fused-ring (bicyclic) bond motifs is 3. The molecule has 2 N–H and O–H groups in total. The largest absolute Gasteiger partial charge is 0.491 e. The number of hydrogen-bond acceptors (Lipinski definition) is 7. The summed E-state index contributed by atoms with van der Waals surface area (Å²) in [6.07, 6.45) is 10.2. The number of carbonyl (C=O) groups is 2. The average Bonchev–Trinajstić information content (AvgIpc) is 3.79. The van der Waals surface area contributed by atoms with Crippen molar-refractivity contribution in [3.8, 4) is 5.75 Å². The van der Waals surface area contributed by atoms with Gasteiger partial charge in [0, 0.05) is 37.9 Å². The van der Waals surface area contributed by atoms with E-state index in [9.17, 15) is 13.8 Å². The van der Waals surface area contributed by atoms with Crippen LogP contribution in [0.5, 0.6) is 5.75 Å². The Bertz CT molecular complexity index is 1660. The maximum absolute atomic E-state index is 14.3. The Morgan fingerprint density at radius 2 is 1.96 bits per heavy atom. The normalized spacial score (nSPS) is 31.3. The summed E-state index contributed by atoms with van der Waals surface area (Å²) in [4.78, 5) is 29.1. The van der Waals surface area contributed by atoms with Gasteiger partial charge in [-0.2, -0.15) is 0 Å². The van der Waals surface area contributed by atoms with E-state index in [1.54, 1.807) is 26.4 Å². The van der Waals surface area contributed by atoms with Crippen LogP contribution in [0.2, 0.25) is 5.02 Å². The first kappa shape index (κ1) is 34.7. The predicted molar refractivity (Wildman–Crippen MR) is 188 cm³/mol. The molecule has 12 heteroatoms. The zero-order chi connectivity index (χ0) is 33.8. The van der Waals surface area contributed by atoms with Gasteiger partial charge in [-0.1, -0.05) is 36.7 Å². The van der Waals surface area contributed by atoms with Gasteiger partial charge in [0.05, 0.1) is 36.3 Å². The highest BCUT2D eigenvalue weighted by molar-refractivity contribution is 7.92. The topological polar surface area (TPSA) is 119 Å². The SMILES string of the molecule is CO[C@H]1/C=C/C[C@H](C)CS(=O)(NC(=O)N[C@H]2C[C@H]2OC)=NC(=O)c2ccc3c(c2)N(Cc2ccc(Cl)cc2CCCCO3)C[C@@H]2CC[C@H]21. The van der Waals surface area contributed by atoms with E-state index in [4.69, 9.17) is 25.8 Å². The van der Waals surface area contributed by atoms with Gasteiger partial charge in [0.25, 0.3) is 5.91 Å². The molecule has 0 aromatic heterocycles. The molecule has 10 nitrogen and oxygen atoms in total. The Morgan fingerprint density at radius 3 is 2.71 bits per heavy atom. The van der Waals surface area contributed by atoms with Crippen LogP contribution in [-0.4, -0.2) is 67.5 Å². The van der Waals surface area contributed by atoms with E-state index in [0.29, 0.717) is 48.6 Å². The van der Waals surface area contributed by atoms with Crippen LogP contribution in [0.3, 0.4) is 0 Å². The van der Waals surface area contributed by atoms with Gasteiger partial charge in [-0.25, -0.2) is 9.00 Å². The van der Waals surface area contributed by atoms with Crippen LogP contribution in [0.4, 0.5) is 10.5 Å². The maximum atomic E-state index is 14.3. The molecule has 2 bridgehead atoms. The third-order valence-corrected chi connectivity index (χ3v) is 12.2. The molecule has 0 saturated heterocycles. The molecule has 2 fully saturated rings. The number of benzene rings is 2. The van der Waals surface area contributed by atoms with Crippen molar-refractivity contribution >= 4 is 39.1 Å². The molecule has 1 unspecified atom stereocenters. The highest BCUT2D eigenvalue weighted by atomic mass is 35.5. The molecule has 0 spiro atoms. The van der Waals surface area contributed by atoms with Crippen LogP contribution in [0.1, 0.15) is 66.9 Å². The number of hydrogen-bond donors (Lipinski definition) is 2. The number of ether oxygens (including phenoxy) is 3. The van der Waals surface area contributed by atoms with E-state index >= 15 is 0 Å². The van der Waals surface area contributed by atoms with Gasteiger partial charge in [-0.15, -0.1) is 4.36 Å². The van der Waals surface area contributed by atoms with Gasteiger partial charge in [0.15, 0.2) is 0 Å². The molecule has 3 amide bonds. The Kier molecular flexibility index (Phi) is 11.0. The van der Waals surface area contributed by atoms with E-state index in [1.165, 1.54) is 11.1 Å². The van der Waals surface area contributed by atoms with E-state index in [-0.39, 0.29) is 35.5 Å². The standard InChI is InChI=1S/C36H47ClN4O6S/c1-23-7-6-9-32(45-2)29-14-11-27(29)21-41-20-26-10-13-28(37)17-24(26)8-4-5-16-47-33-15-12-25(18-31(33)41)35(42)39-48(44,22-23)40-36(43)38-30-19-34(30)46-3/h6,9-10,12-13,15,17-18,23,27,29-30,32,34H,4-5,7-8,11,14,16,19-22H2,1-3H3,(H2,38,39,40,42,43,44)/b9-6+/t23-,27-,29+,30-,32-,34+,48?/m0/s1.